The van der Waals surface area contributed by atoms with Gasteiger partial charge in [0, 0.05) is 0 Å². The second-order valence-corrected chi connectivity index (χ2v) is 2.08. The molecule has 68 valence electrons. The van der Waals surface area contributed by atoms with Crippen molar-refractivity contribution in [2.45, 2.75) is 0 Å². The third-order valence-electron chi connectivity index (χ3n) is 1.22. The average molecular weight is 178 g/mol. The van der Waals surface area contributed by atoms with Gasteiger partial charge in [0.25, 0.3) is 0 Å². The van der Waals surface area contributed by atoms with Crippen molar-refractivity contribution in [2.24, 2.45) is 0 Å². The summed E-state index contributed by atoms with van der Waals surface area (Å²) in [6, 6.07) is 10.0. The third kappa shape index (κ3) is 7.33. The van der Waals surface area contributed by atoms with Gasteiger partial charge in [-0.3, -0.25) is 0 Å². The van der Waals surface area contributed by atoms with Crippen LogP contribution in [0.3, 0.4) is 0 Å². The molecule has 0 saturated carbocycles. The minimum atomic E-state index is -0.406. The molecule has 0 atom stereocenters. The van der Waals surface area contributed by atoms with Gasteiger partial charge in [0.05, 0.1) is 0 Å². The Kier molecular flexibility index (Phi) is 8.34. The van der Waals surface area contributed by atoms with E-state index in [-0.39, 0.29) is 0 Å². The predicted octanol–water partition coefficient (Wildman–Crippen LogP) is -0.150. The standard InChI is InChI=1S/C8H8.B2H4O3/c1-2-8-6-4-3-5-7-8;3-1-5-2-4/h2-7H,1H2;1-4H. The normalized spacial score (nSPS) is 7.85. The summed E-state index contributed by atoms with van der Waals surface area (Å²) in [5, 5.41) is 15.4. The van der Waals surface area contributed by atoms with Crippen LogP contribution >= 0.6 is 0 Å². The molecule has 2 N–H and O–H groups in total. The van der Waals surface area contributed by atoms with Gasteiger partial charge in [-0.1, -0.05) is 43.0 Å². The molecule has 1 aromatic rings. The van der Waals surface area contributed by atoms with Crippen LogP contribution in [-0.4, -0.2) is 25.4 Å². The topological polar surface area (TPSA) is 49.7 Å². The van der Waals surface area contributed by atoms with Crippen molar-refractivity contribution >= 4 is 21.4 Å². The minimum Gasteiger partial charge on any atom is -0.457 e. The van der Waals surface area contributed by atoms with E-state index in [4.69, 9.17) is 10.0 Å². The Morgan fingerprint density at radius 3 is 1.92 bits per heavy atom. The first-order chi connectivity index (χ1) is 6.35. The lowest BCUT2D eigenvalue weighted by atomic mass is 10.2. The number of benzene rings is 1. The largest absolute Gasteiger partial charge is 0.457 e. The van der Waals surface area contributed by atoms with Crippen molar-refractivity contribution in [3.8, 4) is 0 Å². The third-order valence-corrected chi connectivity index (χ3v) is 1.22. The van der Waals surface area contributed by atoms with Crippen molar-refractivity contribution in [3.05, 3.63) is 42.5 Å². The molecule has 0 aliphatic heterocycles. The molecular formula is C8H12B2O3. The quantitative estimate of drug-likeness (QED) is 0.632. The summed E-state index contributed by atoms with van der Waals surface area (Å²) < 4.78 is 3.94. The monoisotopic (exact) mass is 178 g/mol. The van der Waals surface area contributed by atoms with Crippen molar-refractivity contribution in [3.63, 3.8) is 0 Å². The molecule has 0 heterocycles. The van der Waals surface area contributed by atoms with E-state index >= 15 is 0 Å². The van der Waals surface area contributed by atoms with Crippen molar-refractivity contribution < 1.29 is 14.6 Å². The molecular weight excluding hydrogens is 166 g/mol. The van der Waals surface area contributed by atoms with Gasteiger partial charge in [-0.05, 0) is 5.56 Å². The van der Waals surface area contributed by atoms with Crippen LogP contribution in [0, 0.1) is 0 Å². The Hall–Kier alpha value is -1.03. The summed E-state index contributed by atoms with van der Waals surface area (Å²) in [6.45, 7) is 3.63. The maximum Gasteiger partial charge on any atom is 0.421 e. The Morgan fingerprint density at radius 1 is 1.15 bits per heavy atom. The highest BCUT2D eigenvalue weighted by Crippen LogP contribution is 1.97. The molecule has 0 unspecified atom stereocenters. The highest BCUT2D eigenvalue weighted by Gasteiger charge is 1.78. The summed E-state index contributed by atoms with van der Waals surface area (Å²) in [5.41, 5.74) is 1.17. The highest BCUT2D eigenvalue weighted by atomic mass is 16.5. The Morgan fingerprint density at radius 2 is 1.69 bits per heavy atom. The highest BCUT2D eigenvalue weighted by molar-refractivity contribution is 6.32. The molecule has 0 aliphatic rings. The molecule has 0 aliphatic carbocycles. The number of rotatable bonds is 3. The summed E-state index contributed by atoms with van der Waals surface area (Å²) in [5.74, 6) is 0. The smallest absolute Gasteiger partial charge is 0.421 e. The van der Waals surface area contributed by atoms with Crippen molar-refractivity contribution in [2.75, 3.05) is 0 Å². The first-order valence-corrected chi connectivity index (χ1v) is 3.82. The summed E-state index contributed by atoms with van der Waals surface area (Å²) in [6.07, 6.45) is 1.83. The second kappa shape index (κ2) is 9.06. The zero-order valence-electron chi connectivity index (χ0n) is 7.39. The fraction of sp³-hybridized carbons (Fsp3) is 0. The van der Waals surface area contributed by atoms with Crippen LogP contribution in [0.25, 0.3) is 6.08 Å². The van der Waals surface area contributed by atoms with E-state index < -0.39 is 15.4 Å². The SMILES string of the molecule is C=Cc1ccccc1.OBOBO. The summed E-state index contributed by atoms with van der Waals surface area (Å²) >= 11 is 0. The fourth-order valence-electron chi connectivity index (χ4n) is 0.630. The molecule has 0 spiro atoms. The molecule has 0 radical (unpaired) electrons. The molecule has 0 amide bonds. The molecule has 0 bridgehead atoms. The Labute approximate surface area is 79.3 Å². The first kappa shape index (κ1) is 12.0. The van der Waals surface area contributed by atoms with Crippen molar-refractivity contribution in [1.29, 1.82) is 0 Å². The van der Waals surface area contributed by atoms with Gasteiger partial charge >= 0.3 is 15.4 Å². The maximum absolute atomic E-state index is 7.68. The Balaban J connectivity index is 0.000000252. The lowest BCUT2D eigenvalue weighted by molar-refractivity contribution is 0.408. The lowest BCUT2D eigenvalue weighted by Crippen LogP contribution is -2.00. The zero-order valence-corrected chi connectivity index (χ0v) is 7.39. The van der Waals surface area contributed by atoms with Gasteiger partial charge in [0.1, 0.15) is 0 Å². The van der Waals surface area contributed by atoms with E-state index in [1.165, 1.54) is 5.56 Å². The molecule has 0 saturated heterocycles. The average Bonchev–Trinajstić information content (AvgIpc) is 2.21. The zero-order chi connectivity index (χ0) is 9.94. The van der Waals surface area contributed by atoms with E-state index in [1.807, 2.05) is 36.4 Å². The molecule has 3 nitrogen and oxygen atoms in total. The van der Waals surface area contributed by atoms with Gasteiger partial charge < -0.3 is 14.6 Å². The molecule has 13 heavy (non-hydrogen) atoms. The van der Waals surface area contributed by atoms with Gasteiger partial charge in [0.15, 0.2) is 0 Å². The van der Waals surface area contributed by atoms with E-state index in [1.54, 1.807) is 0 Å². The minimum absolute atomic E-state index is 0.406. The number of hydrogen-bond donors (Lipinski definition) is 2. The van der Waals surface area contributed by atoms with Crippen LogP contribution in [0.1, 0.15) is 5.56 Å². The summed E-state index contributed by atoms with van der Waals surface area (Å²) in [7, 11) is -0.812. The Bertz CT molecular complexity index is 214. The van der Waals surface area contributed by atoms with Crippen LogP contribution in [-0.2, 0) is 4.57 Å². The second-order valence-electron chi connectivity index (χ2n) is 2.08. The number of hydrogen-bond acceptors (Lipinski definition) is 3. The molecule has 0 fully saturated rings. The van der Waals surface area contributed by atoms with Crippen LogP contribution < -0.4 is 0 Å². The molecule has 1 aromatic carbocycles. The van der Waals surface area contributed by atoms with E-state index in [0.717, 1.165) is 0 Å². The first-order valence-electron chi connectivity index (χ1n) is 3.82. The van der Waals surface area contributed by atoms with Gasteiger partial charge in [-0.25, -0.2) is 0 Å². The summed E-state index contributed by atoms with van der Waals surface area (Å²) in [4.78, 5) is 0. The van der Waals surface area contributed by atoms with Gasteiger partial charge in [0.2, 0.25) is 0 Å². The van der Waals surface area contributed by atoms with Gasteiger partial charge in [-0.2, -0.15) is 0 Å². The maximum atomic E-state index is 7.68. The molecule has 5 heteroatoms. The predicted molar refractivity (Wildman–Crippen MR) is 56.4 cm³/mol. The fourth-order valence-corrected chi connectivity index (χ4v) is 0.630. The van der Waals surface area contributed by atoms with Crippen molar-refractivity contribution in [1.82, 2.24) is 0 Å². The van der Waals surface area contributed by atoms with E-state index in [2.05, 4.69) is 11.2 Å². The molecule has 1 rings (SSSR count). The van der Waals surface area contributed by atoms with Crippen LogP contribution in [0.15, 0.2) is 36.9 Å². The van der Waals surface area contributed by atoms with Crippen LogP contribution in [0.2, 0.25) is 0 Å². The molecule has 0 aromatic heterocycles. The lowest BCUT2D eigenvalue weighted by Gasteiger charge is -1.85. The van der Waals surface area contributed by atoms with Crippen LogP contribution in [0.4, 0.5) is 0 Å². The van der Waals surface area contributed by atoms with Crippen LogP contribution in [0.5, 0.6) is 0 Å². The van der Waals surface area contributed by atoms with E-state index in [0.29, 0.717) is 0 Å². The van der Waals surface area contributed by atoms with Gasteiger partial charge in [-0.15, -0.1) is 0 Å². The van der Waals surface area contributed by atoms with E-state index in [9.17, 15) is 0 Å².